The van der Waals surface area contributed by atoms with Crippen LogP contribution in [0.5, 0.6) is 11.5 Å². The zero-order valence-electron chi connectivity index (χ0n) is 23.7. The van der Waals surface area contributed by atoms with Crippen molar-refractivity contribution in [2.45, 2.75) is 51.9 Å². The molecule has 42 heavy (non-hydrogen) atoms. The molecule has 0 radical (unpaired) electrons. The van der Waals surface area contributed by atoms with Gasteiger partial charge in [-0.25, -0.2) is 0 Å². The number of nitrogens with zero attached hydrogens (tertiary/aromatic N) is 1. The number of aryl methyl sites for hydroxylation is 1. The molecule has 0 saturated heterocycles. The van der Waals surface area contributed by atoms with Gasteiger partial charge in [0.25, 0.3) is 5.91 Å². The summed E-state index contributed by atoms with van der Waals surface area (Å²) in [6, 6.07) is 17.2. The summed E-state index contributed by atoms with van der Waals surface area (Å²) in [4.78, 5) is 16.0. The highest BCUT2D eigenvalue weighted by Crippen LogP contribution is 2.35. The summed E-state index contributed by atoms with van der Waals surface area (Å²) in [6.45, 7) is 6.46. The lowest BCUT2D eigenvalue weighted by atomic mass is 9.93. The summed E-state index contributed by atoms with van der Waals surface area (Å²) in [5.74, 6) is 0.884. The second-order valence-electron chi connectivity index (χ2n) is 10.8. The third-order valence-corrected chi connectivity index (χ3v) is 8.15. The molecule has 1 amide bonds. The third kappa shape index (κ3) is 7.10. The first-order chi connectivity index (χ1) is 20.1. The van der Waals surface area contributed by atoms with Gasteiger partial charge in [-0.2, -0.15) is 13.2 Å². The van der Waals surface area contributed by atoms with Crippen molar-refractivity contribution < 1.29 is 27.4 Å². The van der Waals surface area contributed by atoms with Crippen molar-refractivity contribution in [2.24, 2.45) is 0 Å². The van der Waals surface area contributed by atoms with Crippen LogP contribution in [-0.2, 0) is 17.5 Å². The molecule has 5 rings (SSSR count). The molecule has 222 valence electrons. The first kappa shape index (κ1) is 30.0. The summed E-state index contributed by atoms with van der Waals surface area (Å²) < 4.78 is 49.8. The van der Waals surface area contributed by atoms with Gasteiger partial charge in [-0.1, -0.05) is 41.9 Å². The van der Waals surface area contributed by atoms with E-state index < -0.39 is 11.7 Å². The van der Waals surface area contributed by atoms with Gasteiger partial charge in [0.05, 0.1) is 10.6 Å². The van der Waals surface area contributed by atoms with Gasteiger partial charge in [-0.3, -0.25) is 4.79 Å². The lowest BCUT2D eigenvalue weighted by Gasteiger charge is -2.29. The molecule has 3 aromatic carbocycles. The number of halogens is 4. The zero-order chi connectivity index (χ0) is 29.9. The Labute approximate surface area is 249 Å². The molecule has 0 bridgehead atoms. The van der Waals surface area contributed by atoms with Crippen LogP contribution >= 0.6 is 11.6 Å². The zero-order valence-corrected chi connectivity index (χ0v) is 24.4. The van der Waals surface area contributed by atoms with Crippen molar-refractivity contribution in [3.63, 3.8) is 0 Å². The van der Waals surface area contributed by atoms with Crippen molar-refractivity contribution in [3.8, 4) is 11.5 Å². The molecule has 1 heterocycles. The highest BCUT2D eigenvalue weighted by molar-refractivity contribution is 6.32. The van der Waals surface area contributed by atoms with Crippen LogP contribution in [0, 0.1) is 13.8 Å². The molecule has 0 aromatic heterocycles. The number of hydrogen-bond acceptors (Lipinski definition) is 4. The van der Waals surface area contributed by atoms with E-state index in [4.69, 9.17) is 21.1 Å². The standard InChI is InChI=1S/C33H34ClF3N2O3/c1-21-4-3-5-24(22(21)2)20-39(26-9-10-26)32(40)29-19-38-15-14-28(29)23-6-11-27(12-7-23)41-16-17-42-31-13-8-25(18-30(31)34)33(35,36)37/h3-8,11-13,18,26,38H,9-10,14-17,19-20H2,1-2H3. The minimum Gasteiger partial charge on any atom is -0.490 e. The van der Waals surface area contributed by atoms with Crippen LogP contribution in [0.4, 0.5) is 13.2 Å². The highest BCUT2D eigenvalue weighted by Gasteiger charge is 2.35. The Bertz CT molecular complexity index is 1470. The Kier molecular flexibility index (Phi) is 9.13. The van der Waals surface area contributed by atoms with Crippen LogP contribution in [0.25, 0.3) is 5.57 Å². The van der Waals surface area contributed by atoms with Gasteiger partial charge in [0.2, 0.25) is 0 Å². The number of nitrogens with one attached hydrogen (secondary N) is 1. The van der Waals surface area contributed by atoms with Crippen LogP contribution in [0.3, 0.4) is 0 Å². The number of carbonyl (C=O) groups is 1. The lowest BCUT2D eigenvalue weighted by molar-refractivity contribution is -0.137. The van der Waals surface area contributed by atoms with Gasteiger partial charge in [-0.05, 0) is 97.8 Å². The van der Waals surface area contributed by atoms with Crippen molar-refractivity contribution in [2.75, 3.05) is 26.3 Å². The van der Waals surface area contributed by atoms with Crippen LogP contribution in [0.1, 0.15) is 47.1 Å². The molecular formula is C33H34ClF3N2O3. The van der Waals surface area contributed by atoms with Crippen molar-refractivity contribution in [1.29, 1.82) is 0 Å². The maximum Gasteiger partial charge on any atom is 0.416 e. The van der Waals surface area contributed by atoms with Crippen LogP contribution < -0.4 is 14.8 Å². The number of benzene rings is 3. The molecule has 1 N–H and O–H groups in total. The fourth-order valence-electron chi connectivity index (χ4n) is 5.16. The van der Waals surface area contributed by atoms with Gasteiger partial charge in [0, 0.05) is 24.7 Å². The molecular weight excluding hydrogens is 565 g/mol. The van der Waals surface area contributed by atoms with Crippen molar-refractivity contribution in [1.82, 2.24) is 10.2 Å². The van der Waals surface area contributed by atoms with E-state index in [-0.39, 0.29) is 35.9 Å². The van der Waals surface area contributed by atoms with Gasteiger partial charge in [0.1, 0.15) is 24.7 Å². The summed E-state index contributed by atoms with van der Waals surface area (Å²) in [5, 5.41) is 3.27. The minimum atomic E-state index is -4.47. The molecule has 1 fully saturated rings. The summed E-state index contributed by atoms with van der Waals surface area (Å²) >= 11 is 5.95. The number of rotatable bonds is 10. The Balaban J connectivity index is 1.23. The monoisotopic (exact) mass is 598 g/mol. The van der Waals surface area contributed by atoms with Crippen LogP contribution in [0.15, 0.2) is 66.2 Å². The molecule has 5 nitrogen and oxygen atoms in total. The van der Waals surface area contributed by atoms with E-state index in [1.165, 1.54) is 22.8 Å². The molecule has 1 aliphatic carbocycles. The molecule has 1 aliphatic heterocycles. The van der Waals surface area contributed by atoms with Gasteiger partial charge in [-0.15, -0.1) is 0 Å². The largest absolute Gasteiger partial charge is 0.490 e. The third-order valence-electron chi connectivity index (χ3n) is 7.85. The second-order valence-corrected chi connectivity index (χ2v) is 11.2. The topological polar surface area (TPSA) is 50.8 Å². The number of alkyl halides is 3. The molecule has 0 unspecified atom stereocenters. The molecule has 9 heteroatoms. The van der Waals surface area contributed by atoms with E-state index in [9.17, 15) is 18.0 Å². The van der Waals surface area contributed by atoms with Crippen LogP contribution in [0.2, 0.25) is 5.02 Å². The lowest BCUT2D eigenvalue weighted by Crippen LogP contribution is -2.39. The summed E-state index contributed by atoms with van der Waals surface area (Å²) in [7, 11) is 0. The van der Waals surface area contributed by atoms with Gasteiger partial charge in [0.15, 0.2) is 0 Å². The minimum absolute atomic E-state index is 0.0972. The fourth-order valence-corrected chi connectivity index (χ4v) is 5.39. The average molecular weight is 599 g/mol. The van der Waals surface area contributed by atoms with Crippen LogP contribution in [-0.4, -0.2) is 43.2 Å². The number of amides is 1. The van der Waals surface area contributed by atoms with Gasteiger partial charge >= 0.3 is 6.18 Å². The SMILES string of the molecule is Cc1cccc(CN(C(=O)C2=C(c3ccc(OCCOc4ccc(C(F)(F)F)cc4Cl)cc3)CCNC2)C2CC2)c1C. The van der Waals surface area contributed by atoms with E-state index in [0.29, 0.717) is 18.8 Å². The van der Waals surface area contributed by atoms with Gasteiger partial charge < -0.3 is 19.7 Å². The maximum absolute atomic E-state index is 13.9. The quantitative estimate of drug-likeness (QED) is 0.248. The number of carbonyl (C=O) groups excluding carboxylic acids is 1. The Morgan fingerprint density at radius 2 is 1.76 bits per heavy atom. The number of hydrogen-bond donors (Lipinski definition) is 1. The highest BCUT2D eigenvalue weighted by atomic mass is 35.5. The van der Waals surface area contributed by atoms with E-state index in [2.05, 4.69) is 37.4 Å². The van der Waals surface area contributed by atoms with E-state index in [1.807, 2.05) is 29.2 Å². The van der Waals surface area contributed by atoms with E-state index in [0.717, 1.165) is 54.6 Å². The summed E-state index contributed by atoms with van der Waals surface area (Å²) in [6.07, 6.45) is -1.64. The second kappa shape index (κ2) is 12.8. The predicted molar refractivity (Wildman–Crippen MR) is 158 cm³/mol. The maximum atomic E-state index is 13.9. The Hall–Kier alpha value is -3.49. The average Bonchev–Trinajstić information content (AvgIpc) is 3.82. The molecule has 0 spiro atoms. The Morgan fingerprint density at radius 1 is 1.02 bits per heavy atom. The normalized spacial score (nSPS) is 15.5. The van der Waals surface area contributed by atoms with Crippen molar-refractivity contribution in [3.05, 3.63) is 99.1 Å². The predicted octanol–water partition coefficient (Wildman–Crippen LogP) is 7.37. The fraction of sp³-hybridized carbons (Fsp3) is 0.364. The first-order valence-corrected chi connectivity index (χ1v) is 14.5. The molecule has 1 saturated carbocycles. The van der Waals surface area contributed by atoms with E-state index in [1.54, 1.807) is 0 Å². The van der Waals surface area contributed by atoms with E-state index >= 15 is 0 Å². The summed E-state index contributed by atoms with van der Waals surface area (Å²) in [5.41, 5.74) is 5.68. The Morgan fingerprint density at radius 3 is 2.45 bits per heavy atom. The van der Waals surface area contributed by atoms with Crippen molar-refractivity contribution >= 4 is 23.1 Å². The first-order valence-electron chi connectivity index (χ1n) is 14.1. The number of ether oxygens (including phenoxy) is 2. The molecule has 2 aliphatic rings. The molecule has 3 aromatic rings. The smallest absolute Gasteiger partial charge is 0.416 e. The molecule has 0 atom stereocenters.